The van der Waals surface area contributed by atoms with Crippen molar-refractivity contribution in [3.63, 3.8) is 0 Å². The molecule has 0 saturated carbocycles. The average molecular weight is 1300 g/mol. The molecule has 0 aromatic carbocycles. The molecule has 2 aliphatic rings. The number of allylic oxidation sites excluding steroid dienone is 11. The molecule has 12 unspecified atom stereocenters. The summed E-state index contributed by atoms with van der Waals surface area (Å²) in [6.07, 6.45) is 68.3. The quantitative estimate of drug-likeness (QED) is 0.0204. The highest BCUT2D eigenvalue weighted by Crippen LogP contribution is 2.30. The van der Waals surface area contributed by atoms with E-state index in [1.165, 1.54) is 231 Å². The molecule has 2 aliphatic heterocycles. The van der Waals surface area contributed by atoms with Gasteiger partial charge in [-0.05, 0) is 70.6 Å². The molecule has 0 radical (unpaired) electrons. The first kappa shape index (κ1) is 85.5. The highest BCUT2D eigenvalue weighted by Gasteiger charge is 2.51. The lowest BCUT2D eigenvalue weighted by molar-refractivity contribution is -0.359. The molecule has 14 nitrogen and oxygen atoms in total. The molecule has 536 valence electrons. The molecule has 1 amide bonds. The molecule has 12 atom stereocenters. The SMILES string of the molecule is CC/C=C\C/C=C\C/C=C\C/C=C\CCCCCCCCCCCCCCCCCCC(=O)NC(COC1OC(CO)C(OC2OC(CO)C(O)C(O)C2O)C(O)C1O)C(O)/C=C/CC/C=C/CCCCCCCCCCCCCCCCCCCCCCCCC. The lowest BCUT2D eigenvalue weighted by Crippen LogP contribution is -2.65. The van der Waals surface area contributed by atoms with E-state index in [1.807, 2.05) is 6.08 Å². The van der Waals surface area contributed by atoms with Gasteiger partial charge in [0.1, 0.15) is 48.8 Å². The van der Waals surface area contributed by atoms with Crippen LogP contribution in [0.2, 0.25) is 0 Å². The Labute approximate surface area is 561 Å². The number of aliphatic hydroxyl groups is 8. The normalized spacial score (nSPS) is 23.1. The van der Waals surface area contributed by atoms with Crippen molar-refractivity contribution in [1.29, 1.82) is 0 Å². The van der Waals surface area contributed by atoms with Crippen molar-refractivity contribution in [3.8, 4) is 0 Å². The fraction of sp³-hybridized carbons (Fsp3) is 0.833. The number of amides is 1. The number of aliphatic hydroxyl groups excluding tert-OH is 8. The summed E-state index contributed by atoms with van der Waals surface area (Å²) in [4.78, 5) is 13.4. The van der Waals surface area contributed by atoms with Crippen LogP contribution >= 0.6 is 0 Å². The van der Waals surface area contributed by atoms with E-state index in [2.05, 4.69) is 79.9 Å². The third-order valence-electron chi connectivity index (χ3n) is 18.4. The van der Waals surface area contributed by atoms with E-state index in [9.17, 15) is 45.6 Å². The Balaban J connectivity index is 1.66. The third kappa shape index (κ3) is 45.0. The third-order valence-corrected chi connectivity index (χ3v) is 18.4. The standard InChI is InChI=1S/C78H141NO13/c1-3-5-7-9-11-13-15-17-19-21-23-25-27-29-31-33-35-37-39-41-43-45-47-49-51-53-55-57-59-61-67(82)66(65-89-77-75(88)73(86)76(69(64-81)91-77)92-78-74(87)72(85)71(84)68(63-80)90-78)79-70(83)62-60-58-56-54-52-50-48-46-44-42-40-38-36-34-32-30-28-26-24-22-20-18-16-14-12-10-8-6-4-2/h6,8,12,14,18,20,24,26,51,53,59,61,66-69,71-78,80-82,84-88H,3-5,7,9-11,13,15-17,19,21-23,25,27-50,52,54-58,60,62-65H2,1-2H3,(H,79,83)/b8-6-,14-12-,20-18-,26-24-,53-51+,61-59+. The van der Waals surface area contributed by atoms with Crippen LogP contribution in [-0.2, 0) is 23.7 Å². The molecule has 2 fully saturated rings. The topological polar surface area (TPSA) is 228 Å². The van der Waals surface area contributed by atoms with Crippen LogP contribution in [0, 0.1) is 0 Å². The Morgan fingerprint density at radius 1 is 0.402 bits per heavy atom. The molecule has 92 heavy (non-hydrogen) atoms. The van der Waals surface area contributed by atoms with Gasteiger partial charge in [-0.25, -0.2) is 0 Å². The maximum atomic E-state index is 13.4. The predicted octanol–water partition coefficient (Wildman–Crippen LogP) is 16.6. The van der Waals surface area contributed by atoms with Gasteiger partial charge in [-0.3, -0.25) is 4.79 Å². The van der Waals surface area contributed by atoms with E-state index in [0.29, 0.717) is 12.8 Å². The maximum absolute atomic E-state index is 13.4. The van der Waals surface area contributed by atoms with E-state index in [0.717, 1.165) is 57.8 Å². The van der Waals surface area contributed by atoms with Crippen molar-refractivity contribution in [3.05, 3.63) is 72.9 Å². The van der Waals surface area contributed by atoms with Crippen LogP contribution in [-0.4, -0.2) is 140 Å². The van der Waals surface area contributed by atoms with Gasteiger partial charge >= 0.3 is 0 Å². The highest BCUT2D eigenvalue weighted by atomic mass is 16.7. The van der Waals surface area contributed by atoms with Crippen molar-refractivity contribution in [2.24, 2.45) is 0 Å². The molecule has 2 heterocycles. The van der Waals surface area contributed by atoms with Crippen LogP contribution in [0.5, 0.6) is 0 Å². The van der Waals surface area contributed by atoms with Gasteiger partial charge in [-0.15, -0.1) is 0 Å². The summed E-state index contributed by atoms with van der Waals surface area (Å²) in [5.41, 5.74) is 0. The lowest BCUT2D eigenvalue weighted by atomic mass is 9.97. The zero-order valence-corrected chi connectivity index (χ0v) is 58.5. The fourth-order valence-electron chi connectivity index (χ4n) is 12.4. The minimum atomic E-state index is -1.79. The van der Waals surface area contributed by atoms with E-state index < -0.39 is 86.8 Å². The molecule has 14 heteroatoms. The molecule has 0 spiro atoms. The maximum Gasteiger partial charge on any atom is 0.220 e. The molecule has 0 aromatic rings. The second kappa shape index (κ2) is 62.0. The van der Waals surface area contributed by atoms with E-state index >= 15 is 0 Å². The number of carbonyl (C=O) groups is 1. The fourth-order valence-corrected chi connectivity index (χ4v) is 12.4. The minimum absolute atomic E-state index is 0.247. The summed E-state index contributed by atoms with van der Waals surface area (Å²) in [7, 11) is 0. The Kier molecular flexibility index (Phi) is 57.6. The summed E-state index contributed by atoms with van der Waals surface area (Å²) in [6, 6.07) is -0.936. The van der Waals surface area contributed by atoms with Gasteiger partial charge in [0.15, 0.2) is 12.6 Å². The first-order valence-electron chi connectivity index (χ1n) is 38.2. The molecular formula is C78H141NO13. The van der Waals surface area contributed by atoms with Crippen molar-refractivity contribution in [1.82, 2.24) is 5.32 Å². The molecule has 2 saturated heterocycles. The number of hydrogen-bond donors (Lipinski definition) is 9. The number of carbonyl (C=O) groups excluding carboxylic acids is 1. The van der Waals surface area contributed by atoms with Gasteiger partial charge in [0, 0.05) is 6.42 Å². The highest BCUT2D eigenvalue weighted by molar-refractivity contribution is 5.76. The van der Waals surface area contributed by atoms with Gasteiger partial charge in [0.05, 0.1) is 32.0 Å². The first-order chi connectivity index (χ1) is 45.1. The van der Waals surface area contributed by atoms with Crippen molar-refractivity contribution in [2.75, 3.05) is 19.8 Å². The smallest absolute Gasteiger partial charge is 0.220 e. The Morgan fingerprint density at radius 2 is 0.761 bits per heavy atom. The van der Waals surface area contributed by atoms with Crippen LogP contribution in [0.15, 0.2) is 72.9 Å². The van der Waals surface area contributed by atoms with Gasteiger partial charge in [-0.2, -0.15) is 0 Å². The number of nitrogens with one attached hydrogen (secondary N) is 1. The Hall–Kier alpha value is -2.57. The summed E-state index contributed by atoms with van der Waals surface area (Å²) in [5.74, 6) is -0.247. The molecule has 0 bridgehead atoms. The van der Waals surface area contributed by atoms with E-state index in [4.69, 9.17) is 18.9 Å². The zero-order valence-electron chi connectivity index (χ0n) is 58.5. The Morgan fingerprint density at radius 3 is 1.20 bits per heavy atom. The summed E-state index contributed by atoms with van der Waals surface area (Å²) >= 11 is 0. The molecule has 2 rings (SSSR count). The number of rotatable bonds is 63. The van der Waals surface area contributed by atoms with Crippen LogP contribution in [0.3, 0.4) is 0 Å². The van der Waals surface area contributed by atoms with Crippen molar-refractivity contribution >= 4 is 5.91 Å². The van der Waals surface area contributed by atoms with Gasteiger partial charge < -0.3 is 65.1 Å². The lowest BCUT2D eigenvalue weighted by Gasteiger charge is -2.46. The van der Waals surface area contributed by atoms with E-state index in [1.54, 1.807) is 6.08 Å². The second-order valence-corrected chi connectivity index (χ2v) is 26.7. The van der Waals surface area contributed by atoms with Crippen LogP contribution in [0.25, 0.3) is 0 Å². The number of hydrogen-bond acceptors (Lipinski definition) is 13. The number of unbranched alkanes of at least 4 members (excludes halogenated alkanes) is 40. The van der Waals surface area contributed by atoms with Gasteiger partial charge in [0.25, 0.3) is 0 Å². The molecule has 9 N–H and O–H groups in total. The van der Waals surface area contributed by atoms with E-state index in [-0.39, 0.29) is 18.9 Å². The second-order valence-electron chi connectivity index (χ2n) is 26.7. The average Bonchev–Trinajstić information content (AvgIpc) is 0.836. The zero-order chi connectivity index (χ0) is 66.6. The minimum Gasteiger partial charge on any atom is -0.394 e. The van der Waals surface area contributed by atoms with Crippen molar-refractivity contribution < 1.29 is 64.6 Å². The summed E-state index contributed by atoms with van der Waals surface area (Å²) in [6.45, 7) is 2.71. The predicted molar refractivity (Wildman–Crippen MR) is 378 cm³/mol. The largest absolute Gasteiger partial charge is 0.394 e. The molecular weight excluding hydrogens is 1160 g/mol. The summed E-state index contributed by atoms with van der Waals surface area (Å²) in [5, 5.41) is 87.6. The molecule has 0 aromatic heterocycles. The van der Waals surface area contributed by atoms with Crippen LogP contribution < -0.4 is 5.32 Å². The van der Waals surface area contributed by atoms with Crippen LogP contribution in [0.4, 0.5) is 0 Å². The summed E-state index contributed by atoms with van der Waals surface area (Å²) < 4.78 is 22.9. The first-order valence-corrected chi connectivity index (χ1v) is 38.2. The Bertz CT molecular complexity index is 1820. The molecule has 0 aliphatic carbocycles. The van der Waals surface area contributed by atoms with Crippen molar-refractivity contribution in [2.45, 2.75) is 396 Å². The van der Waals surface area contributed by atoms with Gasteiger partial charge in [0.2, 0.25) is 5.91 Å². The van der Waals surface area contributed by atoms with Crippen LogP contribution in [0.1, 0.15) is 322 Å². The van der Waals surface area contributed by atoms with Gasteiger partial charge in [-0.1, -0.05) is 318 Å². The number of ether oxygens (including phenoxy) is 4. The monoisotopic (exact) mass is 1300 g/mol.